The van der Waals surface area contributed by atoms with Gasteiger partial charge in [0.1, 0.15) is 0 Å². The van der Waals surface area contributed by atoms with Gasteiger partial charge in [-0.25, -0.2) is 0 Å². The number of benzene rings is 1. The van der Waals surface area contributed by atoms with Gasteiger partial charge >= 0.3 is 0 Å². The van der Waals surface area contributed by atoms with E-state index in [9.17, 15) is 4.79 Å². The zero-order valence-corrected chi connectivity index (χ0v) is 16.9. The predicted octanol–water partition coefficient (Wildman–Crippen LogP) is 1.47. The summed E-state index contributed by atoms with van der Waals surface area (Å²) in [6, 6.07) is 5.80. The van der Waals surface area contributed by atoms with Crippen molar-refractivity contribution in [2.24, 2.45) is 4.99 Å². The number of rotatable bonds is 11. The van der Waals surface area contributed by atoms with Crippen LogP contribution in [0.4, 0.5) is 0 Å². The molecule has 0 aliphatic carbocycles. The highest BCUT2D eigenvalue weighted by Crippen LogP contribution is 2.30. The molecule has 1 unspecified atom stereocenters. The first-order valence-electron chi connectivity index (χ1n) is 9.18. The van der Waals surface area contributed by atoms with Crippen LogP contribution in [0.25, 0.3) is 0 Å². The Morgan fingerprint density at radius 3 is 2.48 bits per heavy atom. The van der Waals surface area contributed by atoms with Gasteiger partial charge in [-0.3, -0.25) is 9.79 Å². The topological polar surface area (TPSA) is 93.2 Å². The Kier molecular flexibility index (Phi) is 10.7. The van der Waals surface area contributed by atoms with Gasteiger partial charge < -0.3 is 30.2 Å². The van der Waals surface area contributed by atoms with E-state index >= 15 is 0 Å². The minimum atomic E-state index is -0.123. The number of hydrogen-bond donors (Lipinski definition) is 3. The fraction of sp³-hybridized carbons (Fsp3) is 0.579. The first kappa shape index (κ1) is 22.6. The van der Waals surface area contributed by atoms with E-state index in [-0.39, 0.29) is 18.5 Å². The van der Waals surface area contributed by atoms with E-state index in [2.05, 4.69) is 20.9 Å². The van der Waals surface area contributed by atoms with Gasteiger partial charge in [0.2, 0.25) is 5.91 Å². The van der Waals surface area contributed by atoms with Crippen molar-refractivity contribution in [2.75, 3.05) is 47.1 Å². The molecule has 0 radical (unpaired) electrons. The predicted molar refractivity (Wildman–Crippen MR) is 107 cm³/mol. The second-order valence-corrected chi connectivity index (χ2v) is 5.71. The van der Waals surface area contributed by atoms with Crippen LogP contribution in [0.15, 0.2) is 23.2 Å². The van der Waals surface area contributed by atoms with Crippen molar-refractivity contribution in [3.8, 4) is 11.5 Å². The lowest BCUT2D eigenvalue weighted by Crippen LogP contribution is -2.44. The summed E-state index contributed by atoms with van der Waals surface area (Å²) in [5.74, 6) is 1.86. The SMILES string of the molecule is CCOc1ccc(C(C)NC(=NC)NCC(=O)NCCOC)cc1OCC. The second kappa shape index (κ2) is 12.8. The molecular formula is C19H32N4O4. The fourth-order valence-electron chi connectivity index (χ4n) is 2.34. The van der Waals surface area contributed by atoms with Gasteiger partial charge in [0.05, 0.1) is 32.4 Å². The minimum Gasteiger partial charge on any atom is -0.490 e. The van der Waals surface area contributed by atoms with E-state index < -0.39 is 0 Å². The standard InChI is InChI=1S/C19H32N4O4/c1-6-26-16-9-8-15(12-17(16)27-7-2)14(3)23-19(20-4)22-13-18(24)21-10-11-25-5/h8-9,12,14H,6-7,10-11,13H2,1-5H3,(H,21,24)(H2,20,22,23). The average molecular weight is 380 g/mol. The fourth-order valence-corrected chi connectivity index (χ4v) is 2.34. The van der Waals surface area contributed by atoms with E-state index in [0.717, 1.165) is 11.3 Å². The zero-order valence-electron chi connectivity index (χ0n) is 16.9. The van der Waals surface area contributed by atoms with E-state index in [0.29, 0.717) is 38.1 Å². The minimum absolute atomic E-state index is 0.0392. The molecule has 1 rings (SSSR count). The Morgan fingerprint density at radius 1 is 1.15 bits per heavy atom. The lowest BCUT2D eigenvalue weighted by atomic mass is 10.1. The van der Waals surface area contributed by atoms with Gasteiger partial charge in [-0.15, -0.1) is 0 Å². The maximum atomic E-state index is 11.8. The van der Waals surface area contributed by atoms with Gasteiger partial charge in [-0.1, -0.05) is 6.07 Å². The highest BCUT2D eigenvalue weighted by atomic mass is 16.5. The molecule has 1 aromatic rings. The molecule has 0 heterocycles. The van der Waals surface area contributed by atoms with E-state index in [4.69, 9.17) is 14.2 Å². The van der Waals surface area contributed by atoms with Crippen molar-refractivity contribution in [1.82, 2.24) is 16.0 Å². The molecule has 0 bridgehead atoms. The Hall–Kier alpha value is -2.48. The number of aliphatic imine (C=N–C) groups is 1. The summed E-state index contributed by atoms with van der Waals surface area (Å²) in [5, 5.41) is 9.01. The molecule has 3 N–H and O–H groups in total. The molecule has 0 aromatic heterocycles. The first-order chi connectivity index (χ1) is 13.0. The third kappa shape index (κ3) is 8.17. The lowest BCUT2D eigenvalue weighted by molar-refractivity contribution is -0.120. The van der Waals surface area contributed by atoms with Gasteiger partial charge in [0, 0.05) is 20.7 Å². The van der Waals surface area contributed by atoms with Gasteiger partial charge in [-0.05, 0) is 38.5 Å². The molecule has 8 nitrogen and oxygen atoms in total. The molecule has 1 amide bonds. The monoisotopic (exact) mass is 380 g/mol. The number of methoxy groups -OCH3 is 1. The Balaban J connectivity index is 2.65. The number of carbonyl (C=O) groups excluding carboxylic acids is 1. The van der Waals surface area contributed by atoms with Crippen molar-refractivity contribution in [3.05, 3.63) is 23.8 Å². The van der Waals surface area contributed by atoms with Crippen LogP contribution >= 0.6 is 0 Å². The van der Waals surface area contributed by atoms with Crippen LogP contribution < -0.4 is 25.4 Å². The Morgan fingerprint density at radius 2 is 1.85 bits per heavy atom. The number of carbonyl (C=O) groups is 1. The third-order valence-corrected chi connectivity index (χ3v) is 3.69. The number of amides is 1. The van der Waals surface area contributed by atoms with Crippen LogP contribution in [-0.4, -0.2) is 58.9 Å². The summed E-state index contributed by atoms with van der Waals surface area (Å²) in [6.45, 7) is 8.12. The number of hydrogen-bond acceptors (Lipinski definition) is 5. The summed E-state index contributed by atoms with van der Waals surface area (Å²) >= 11 is 0. The summed E-state index contributed by atoms with van der Waals surface area (Å²) in [4.78, 5) is 15.9. The van der Waals surface area contributed by atoms with Crippen molar-refractivity contribution < 1.29 is 19.0 Å². The molecule has 0 saturated carbocycles. The third-order valence-electron chi connectivity index (χ3n) is 3.69. The Labute approximate surface area is 161 Å². The number of guanidine groups is 1. The largest absolute Gasteiger partial charge is 0.490 e. The second-order valence-electron chi connectivity index (χ2n) is 5.71. The average Bonchev–Trinajstić information content (AvgIpc) is 2.66. The summed E-state index contributed by atoms with van der Waals surface area (Å²) < 4.78 is 16.2. The van der Waals surface area contributed by atoms with Crippen molar-refractivity contribution >= 4 is 11.9 Å². The number of nitrogens with one attached hydrogen (secondary N) is 3. The normalized spacial score (nSPS) is 12.3. The van der Waals surface area contributed by atoms with Crippen LogP contribution in [0.3, 0.4) is 0 Å². The smallest absolute Gasteiger partial charge is 0.239 e. The van der Waals surface area contributed by atoms with E-state index in [1.54, 1.807) is 14.2 Å². The molecule has 0 aliphatic rings. The van der Waals surface area contributed by atoms with Gasteiger partial charge in [-0.2, -0.15) is 0 Å². The van der Waals surface area contributed by atoms with Crippen LogP contribution in [0.1, 0.15) is 32.4 Å². The van der Waals surface area contributed by atoms with Crippen LogP contribution in [0, 0.1) is 0 Å². The van der Waals surface area contributed by atoms with Crippen molar-refractivity contribution in [1.29, 1.82) is 0 Å². The zero-order chi connectivity index (χ0) is 20.1. The van der Waals surface area contributed by atoms with Crippen molar-refractivity contribution in [3.63, 3.8) is 0 Å². The maximum Gasteiger partial charge on any atom is 0.239 e. The van der Waals surface area contributed by atoms with E-state index in [1.807, 2.05) is 39.0 Å². The molecule has 8 heteroatoms. The number of nitrogens with zero attached hydrogens (tertiary/aromatic N) is 1. The molecule has 1 aromatic carbocycles. The maximum absolute atomic E-state index is 11.8. The highest BCUT2D eigenvalue weighted by molar-refractivity contribution is 5.86. The highest BCUT2D eigenvalue weighted by Gasteiger charge is 2.13. The van der Waals surface area contributed by atoms with Crippen LogP contribution in [0.2, 0.25) is 0 Å². The molecule has 0 aliphatic heterocycles. The van der Waals surface area contributed by atoms with Gasteiger partial charge in [0.25, 0.3) is 0 Å². The van der Waals surface area contributed by atoms with Crippen LogP contribution in [-0.2, 0) is 9.53 Å². The molecular weight excluding hydrogens is 348 g/mol. The first-order valence-corrected chi connectivity index (χ1v) is 9.18. The molecule has 0 fully saturated rings. The van der Waals surface area contributed by atoms with Gasteiger partial charge in [0.15, 0.2) is 17.5 Å². The van der Waals surface area contributed by atoms with E-state index in [1.165, 1.54) is 0 Å². The lowest BCUT2D eigenvalue weighted by Gasteiger charge is -2.20. The summed E-state index contributed by atoms with van der Waals surface area (Å²) in [7, 11) is 3.25. The molecule has 0 spiro atoms. The number of ether oxygens (including phenoxy) is 3. The molecule has 1 atom stereocenters. The molecule has 152 valence electrons. The van der Waals surface area contributed by atoms with Crippen molar-refractivity contribution in [2.45, 2.75) is 26.8 Å². The quantitative estimate of drug-likeness (QED) is 0.306. The summed E-state index contributed by atoms with van der Waals surface area (Å²) in [5.41, 5.74) is 1.02. The molecule has 27 heavy (non-hydrogen) atoms. The van der Waals surface area contributed by atoms with Crippen LogP contribution in [0.5, 0.6) is 11.5 Å². The summed E-state index contributed by atoms with van der Waals surface area (Å²) in [6.07, 6.45) is 0. The Bertz CT molecular complexity index is 607. The molecule has 0 saturated heterocycles.